The van der Waals surface area contributed by atoms with Crippen LogP contribution < -0.4 is 5.73 Å². The summed E-state index contributed by atoms with van der Waals surface area (Å²) in [5, 5.41) is 8.41. The Kier molecular flexibility index (Phi) is 3.08. The smallest absolute Gasteiger partial charge is 0.276 e. The lowest BCUT2D eigenvalue weighted by molar-refractivity contribution is 0.428. The molecule has 2 rings (SSSR count). The molecule has 1 aromatic rings. The van der Waals surface area contributed by atoms with Gasteiger partial charge in [0.1, 0.15) is 0 Å². The molecule has 0 saturated heterocycles. The average Bonchev–Trinajstić information content (AvgIpc) is 2.72. The molecule has 2 N–H and O–H groups in total. The standard InChI is InChI=1S/C9H15N3OS/c1-6-11-12-9(13-6)14-5-7-2-3-8(10)4-7/h7-8H,2-5,10H2,1H3. The van der Waals surface area contributed by atoms with Gasteiger partial charge in [-0.05, 0) is 25.2 Å². The first kappa shape index (κ1) is 9.98. The number of nitrogens with two attached hydrogens (primary N) is 1. The van der Waals surface area contributed by atoms with Gasteiger partial charge >= 0.3 is 0 Å². The van der Waals surface area contributed by atoms with Crippen molar-refractivity contribution in [2.75, 3.05) is 5.75 Å². The fourth-order valence-corrected chi connectivity index (χ4v) is 2.75. The number of nitrogens with zero attached hydrogens (tertiary/aromatic N) is 2. The molecule has 1 aromatic heterocycles. The van der Waals surface area contributed by atoms with Crippen molar-refractivity contribution in [3.05, 3.63) is 5.89 Å². The summed E-state index contributed by atoms with van der Waals surface area (Å²) in [7, 11) is 0. The van der Waals surface area contributed by atoms with E-state index in [0.29, 0.717) is 17.2 Å². The third-order valence-electron chi connectivity index (χ3n) is 2.53. The predicted molar refractivity (Wildman–Crippen MR) is 55.1 cm³/mol. The van der Waals surface area contributed by atoms with Crippen LogP contribution in [0.2, 0.25) is 0 Å². The van der Waals surface area contributed by atoms with Crippen LogP contribution in [0.25, 0.3) is 0 Å². The fourth-order valence-electron chi connectivity index (χ4n) is 1.79. The van der Waals surface area contributed by atoms with Crippen LogP contribution in [0.15, 0.2) is 9.64 Å². The Balaban J connectivity index is 1.77. The molecule has 1 saturated carbocycles. The van der Waals surface area contributed by atoms with Crippen molar-refractivity contribution in [3.63, 3.8) is 0 Å². The number of hydrogen-bond donors (Lipinski definition) is 1. The zero-order valence-electron chi connectivity index (χ0n) is 8.27. The summed E-state index contributed by atoms with van der Waals surface area (Å²) in [6, 6.07) is 0.407. The van der Waals surface area contributed by atoms with Gasteiger partial charge in [0.2, 0.25) is 5.89 Å². The van der Waals surface area contributed by atoms with Gasteiger partial charge in [-0.15, -0.1) is 10.2 Å². The molecule has 0 aliphatic heterocycles. The number of hydrogen-bond acceptors (Lipinski definition) is 5. The van der Waals surface area contributed by atoms with Crippen molar-refractivity contribution in [2.45, 2.75) is 37.5 Å². The largest absolute Gasteiger partial charge is 0.416 e. The fraction of sp³-hybridized carbons (Fsp3) is 0.778. The second-order valence-corrected chi connectivity index (χ2v) is 4.81. The maximum absolute atomic E-state index is 5.84. The SMILES string of the molecule is Cc1nnc(SCC2CCC(N)C2)o1. The molecule has 14 heavy (non-hydrogen) atoms. The van der Waals surface area contributed by atoms with Crippen LogP contribution in [0.4, 0.5) is 0 Å². The van der Waals surface area contributed by atoms with E-state index in [1.165, 1.54) is 6.42 Å². The van der Waals surface area contributed by atoms with E-state index in [-0.39, 0.29) is 0 Å². The van der Waals surface area contributed by atoms with Crippen molar-refractivity contribution in [1.29, 1.82) is 0 Å². The van der Waals surface area contributed by atoms with E-state index in [2.05, 4.69) is 10.2 Å². The molecule has 2 unspecified atom stereocenters. The molecular formula is C9H15N3OS. The van der Waals surface area contributed by atoms with E-state index in [9.17, 15) is 0 Å². The Morgan fingerprint density at radius 1 is 1.50 bits per heavy atom. The van der Waals surface area contributed by atoms with Crippen LogP contribution in [0.1, 0.15) is 25.2 Å². The Labute approximate surface area is 87.6 Å². The van der Waals surface area contributed by atoms with Crippen LogP contribution in [0, 0.1) is 12.8 Å². The Bertz CT molecular complexity index is 302. The molecule has 5 heteroatoms. The maximum Gasteiger partial charge on any atom is 0.276 e. The molecule has 0 bridgehead atoms. The van der Waals surface area contributed by atoms with Gasteiger partial charge in [-0.1, -0.05) is 11.8 Å². The molecule has 2 atom stereocenters. The minimum absolute atomic E-state index is 0.407. The second-order valence-electron chi connectivity index (χ2n) is 3.84. The first-order valence-electron chi connectivity index (χ1n) is 4.92. The molecule has 78 valence electrons. The van der Waals surface area contributed by atoms with Crippen molar-refractivity contribution < 1.29 is 4.42 Å². The highest BCUT2D eigenvalue weighted by Crippen LogP contribution is 2.29. The topological polar surface area (TPSA) is 64.9 Å². The lowest BCUT2D eigenvalue weighted by Crippen LogP contribution is -2.15. The predicted octanol–water partition coefficient (Wildman–Crippen LogP) is 1.60. The summed E-state index contributed by atoms with van der Waals surface area (Å²) in [6.45, 7) is 1.81. The quantitative estimate of drug-likeness (QED) is 0.772. The summed E-state index contributed by atoms with van der Waals surface area (Å²) >= 11 is 1.64. The van der Waals surface area contributed by atoms with E-state index in [1.54, 1.807) is 11.8 Å². The van der Waals surface area contributed by atoms with E-state index in [1.807, 2.05) is 6.92 Å². The number of thioether (sulfide) groups is 1. The van der Waals surface area contributed by atoms with Gasteiger partial charge in [-0.3, -0.25) is 0 Å². The first-order valence-corrected chi connectivity index (χ1v) is 5.91. The highest BCUT2D eigenvalue weighted by molar-refractivity contribution is 7.99. The van der Waals surface area contributed by atoms with Gasteiger partial charge in [-0.2, -0.15) is 0 Å². The van der Waals surface area contributed by atoms with E-state index in [4.69, 9.17) is 10.2 Å². The van der Waals surface area contributed by atoms with Gasteiger partial charge in [0.15, 0.2) is 0 Å². The third-order valence-corrected chi connectivity index (χ3v) is 3.58. The van der Waals surface area contributed by atoms with Crippen LogP contribution in [0.5, 0.6) is 0 Å². The normalized spacial score (nSPS) is 27.0. The van der Waals surface area contributed by atoms with Gasteiger partial charge in [0.25, 0.3) is 5.22 Å². The number of rotatable bonds is 3. The Hall–Kier alpha value is -0.550. The molecule has 1 fully saturated rings. The molecule has 0 aromatic carbocycles. The van der Waals surface area contributed by atoms with Crippen LogP contribution >= 0.6 is 11.8 Å². The minimum Gasteiger partial charge on any atom is -0.416 e. The Morgan fingerprint density at radius 3 is 2.93 bits per heavy atom. The molecule has 4 nitrogen and oxygen atoms in total. The summed E-state index contributed by atoms with van der Waals surface area (Å²) in [4.78, 5) is 0. The Morgan fingerprint density at radius 2 is 2.36 bits per heavy atom. The van der Waals surface area contributed by atoms with Crippen molar-refractivity contribution in [2.24, 2.45) is 11.7 Å². The van der Waals surface area contributed by atoms with Crippen molar-refractivity contribution in [3.8, 4) is 0 Å². The second kappa shape index (κ2) is 4.31. The number of aryl methyl sites for hydroxylation is 1. The lowest BCUT2D eigenvalue weighted by atomic mass is 10.1. The number of aromatic nitrogens is 2. The third kappa shape index (κ3) is 2.48. The molecule has 1 aliphatic rings. The molecule has 0 radical (unpaired) electrons. The van der Waals surface area contributed by atoms with E-state index < -0.39 is 0 Å². The van der Waals surface area contributed by atoms with Crippen molar-refractivity contribution in [1.82, 2.24) is 10.2 Å². The van der Waals surface area contributed by atoms with Crippen LogP contribution in [0.3, 0.4) is 0 Å². The van der Waals surface area contributed by atoms with Crippen LogP contribution in [-0.2, 0) is 0 Å². The highest BCUT2D eigenvalue weighted by Gasteiger charge is 2.22. The van der Waals surface area contributed by atoms with Gasteiger partial charge < -0.3 is 10.2 Å². The molecular weight excluding hydrogens is 198 g/mol. The van der Waals surface area contributed by atoms with E-state index in [0.717, 1.165) is 24.5 Å². The van der Waals surface area contributed by atoms with Gasteiger partial charge in [-0.25, -0.2) is 0 Å². The van der Waals surface area contributed by atoms with E-state index >= 15 is 0 Å². The van der Waals surface area contributed by atoms with Gasteiger partial charge in [0.05, 0.1) is 0 Å². The summed E-state index contributed by atoms with van der Waals surface area (Å²) in [5.74, 6) is 2.41. The zero-order valence-corrected chi connectivity index (χ0v) is 9.09. The zero-order chi connectivity index (χ0) is 9.97. The highest BCUT2D eigenvalue weighted by atomic mass is 32.2. The summed E-state index contributed by atoms with van der Waals surface area (Å²) in [5.41, 5.74) is 5.84. The van der Waals surface area contributed by atoms with Crippen LogP contribution in [-0.4, -0.2) is 22.0 Å². The molecule has 1 aliphatic carbocycles. The first-order chi connectivity index (χ1) is 6.74. The summed E-state index contributed by atoms with van der Waals surface area (Å²) in [6.07, 6.45) is 3.54. The minimum atomic E-state index is 0.407. The maximum atomic E-state index is 5.84. The molecule has 1 heterocycles. The molecule has 0 amide bonds. The molecule has 0 spiro atoms. The van der Waals surface area contributed by atoms with Crippen molar-refractivity contribution >= 4 is 11.8 Å². The lowest BCUT2D eigenvalue weighted by Gasteiger charge is -2.05. The summed E-state index contributed by atoms with van der Waals surface area (Å²) < 4.78 is 5.28. The average molecular weight is 213 g/mol. The monoisotopic (exact) mass is 213 g/mol. The van der Waals surface area contributed by atoms with Gasteiger partial charge in [0, 0.05) is 18.7 Å².